The molecule has 1 atom stereocenters. The summed E-state index contributed by atoms with van der Waals surface area (Å²) in [6, 6.07) is 16.0. The third kappa shape index (κ3) is 5.36. The molecule has 0 spiro atoms. The number of thioether (sulfide) groups is 1. The fourth-order valence-electron chi connectivity index (χ4n) is 3.14. The van der Waals surface area contributed by atoms with Gasteiger partial charge in [-0.1, -0.05) is 50.2 Å². The zero-order valence-electron chi connectivity index (χ0n) is 16.4. The van der Waals surface area contributed by atoms with Gasteiger partial charge in [-0.05, 0) is 36.3 Å². The van der Waals surface area contributed by atoms with E-state index in [0.29, 0.717) is 6.54 Å². The normalized spacial score (nSPS) is 15.8. The summed E-state index contributed by atoms with van der Waals surface area (Å²) >= 11 is 1.45. The second-order valence-electron chi connectivity index (χ2n) is 6.85. The summed E-state index contributed by atoms with van der Waals surface area (Å²) in [6.07, 6.45) is 0.172. The van der Waals surface area contributed by atoms with Crippen LogP contribution in [0, 0.1) is 0 Å². The molecule has 0 saturated heterocycles. The van der Waals surface area contributed by atoms with Gasteiger partial charge in [0.1, 0.15) is 0 Å². The van der Waals surface area contributed by atoms with Gasteiger partial charge in [0.05, 0.1) is 10.9 Å². The number of carbonyl (C=O) groups excluding carboxylic acids is 2. The predicted molar refractivity (Wildman–Crippen MR) is 114 cm³/mol. The summed E-state index contributed by atoms with van der Waals surface area (Å²) < 4.78 is 0. The third-order valence-corrected chi connectivity index (χ3v) is 6.17. The number of amides is 2. The third-order valence-electron chi connectivity index (χ3n) is 4.89. The molecule has 0 bridgehead atoms. The molecule has 0 unspecified atom stereocenters. The number of anilines is 1. The van der Waals surface area contributed by atoms with Crippen LogP contribution in [0.4, 0.5) is 5.69 Å². The molecule has 5 nitrogen and oxygen atoms in total. The summed E-state index contributed by atoms with van der Waals surface area (Å²) in [6.45, 7) is 7.81. The molecule has 0 aliphatic carbocycles. The highest BCUT2D eigenvalue weighted by Crippen LogP contribution is 2.36. The molecule has 148 valence electrons. The monoisotopic (exact) mass is 397 g/mol. The van der Waals surface area contributed by atoms with E-state index in [4.69, 9.17) is 0 Å². The van der Waals surface area contributed by atoms with Crippen molar-refractivity contribution in [3.05, 3.63) is 59.7 Å². The fourth-order valence-corrected chi connectivity index (χ4v) is 4.25. The van der Waals surface area contributed by atoms with Crippen LogP contribution in [-0.4, -0.2) is 35.1 Å². The minimum absolute atomic E-state index is 0.111. The molecule has 3 rings (SSSR count). The topological polar surface area (TPSA) is 61.4 Å². The van der Waals surface area contributed by atoms with E-state index in [1.54, 1.807) is 0 Å². The highest BCUT2D eigenvalue weighted by atomic mass is 32.2. The average Bonchev–Trinajstić information content (AvgIpc) is 2.72. The molecule has 6 heteroatoms. The Morgan fingerprint density at radius 2 is 1.75 bits per heavy atom. The van der Waals surface area contributed by atoms with Crippen LogP contribution in [0.3, 0.4) is 0 Å². The first-order valence-electron chi connectivity index (χ1n) is 9.72. The molecular weight excluding hydrogens is 370 g/mol. The van der Waals surface area contributed by atoms with Crippen LogP contribution in [0.25, 0.3) is 0 Å². The lowest BCUT2D eigenvalue weighted by Crippen LogP contribution is -2.34. The SMILES string of the molecule is CCN(CC)Cc1ccc(CNC(=O)C[C@H]2Sc3ccccc3NC2=O)cc1. The maximum Gasteiger partial charge on any atom is 0.238 e. The molecule has 1 aliphatic rings. The first-order chi connectivity index (χ1) is 13.6. The molecule has 0 aromatic heterocycles. The minimum Gasteiger partial charge on any atom is -0.352 e. The van der Waals surface area contributed by atoms with E-state index >= 15 is 0 Å². The Kier molecular flexibility index (Phi) is 7.12. The van der Waals surface area contributed by atoms with Crippen molar-refractivity contribution in [1.82, 2.24) is 10.2 Å². The summed E-state index contributed by atoms with van der Waals surface area (Å²) in [4.78, 5) is 27.9. The van der Waals surface area contributed by atoms with E-state index in [2.05, 4.69) is 53.6 Å². The van der Waals surface area contributed by atoms with E-state index in [1.165, 1.54) is 17.3 Å². The highest BCUT2D eigenvalue weighted by molar-refractivity contribution is 8.01. The Morgan fingerprint density at radius 1 is 1.07 bits per heavy atom. The molecule has 2 aromatic rings. The Balaban J connectivity index is 1.49. The lowest BCUT2D eigenvalue weighted by Gasteiger charge is -2.23. The zero-order chi connectivity index (χ0) is 19.9. The fraction of sp³-hybridized carbons (Fsp3) is 0.364. The Hall–Kier alpha value is -2.31. The maximum atomic E-state index is 12.3. The quantitative estimate of drug-likeness (QED) is 0.714. The highest BCUT2D eigenvalue weighted by Gasteiger charge is 2.28. The van der Waals surface area contributed by atoms with Crippen molar-refractivity contribution in [2.45, 2.75) is 43.5 Å². The first-order valence-corrected chi connectivity index (χ1v) is 10.6. The van der Waals surface area contributed by atoms with E-state index in [-0.39, 0.29) is 18.2 Å². The molecule has 28 heavy (non-hydrogen) atoms. The van der Waals surface area contributed by atoms with Crippen LogP contribution in [0.1, 0.15) is 31.4 Å². The maximum absolute atomic E-state index is 12.3. The van der Waals surface area contributed by atoms with Crippen LogP contribution in [0.5, 0.6) is 0 Å². The largest absolute Gasteiger partial charge is 0.352 e. The van der Waals surface area contributed by atoms with Crippen molar-refractivity contribution in [2.75, 3.05) is 18.4 Å². The number of para-hydroxylation sites is 1. The summed E-state index contributed by atoms with van der Waals surface area (Å²) in [7, 11) is 0. The lowest BCUT2D eigenvalue weighted by molar-refractivity contribution is -0.124. The number of nitrogens with zero attached hydrogens (tertiary/aromatic N) is 1. The molecule has 2 N–H and O–H groups in total. The first kappa shape index (κ1) is 20.4. The standard InChI is InChI=1S/C22H27N3O2S/c1-3-25(4-2)15-17-11-9-16(10-12-17)14-23-21(26)13-20-22(27)24-18-7-5-6-8-19(18)28-20/h5-12,20H,3-4,13-15H2,1-2H3,(H,23,26)(H,24,27)/t20-/m1/s1. The number of hydrogen-bond acceptors (Lipinski definition) is 4. The number of nitrogens with one attached hydrogen (secondary N) is 2. The van der Waals surface area contributed by atoms with Gasteiger partial charge in [0.2, 0.25) is 11.8 Å². The van der Waals surface area contributed by atoms with Crippen LogP contribution < -0.4 is 10.6 Å². The minimum atomic E-state index is -0.397. The Morgan fingerprint density at radius 3 is 2.46 bits per heavy atom. The number of fused-ring (bicyclic) bond motifs is 1. The lowest BCUT2D eigenvalue weighted by atomic mass is 10.1. The van der Waals surface area contributed by atoms with Gasteiger partial charge < -0.3 is 10.6 Å². The van der Waals surface area contributed by atoms with Gasteiger partial charge in [-0.15, -0.1) is 11.8 Å². The average molecular weight is 398 g/mol. The summed E-state index contributed by atoms with van der Waals surface area (Å²) in [5, 5.41) is 5.41. The second kappa shape index (κ2) is 9.75. The van der Waals surface area contributed by atoms with Crippen molar-refractivity contribution >= 4 is 29.3 Å². The molecule has 0 fully saturated rings. The molecule has 2 amide bonds. The van der Waals surface area contributed by atoms with Crippen molar-refractivity contribution < 1.29 is 9.59 Å². The van der Waals surface area contributed by atoms with Gasteiger partial charge in [0, 0.05) is 24.4 Å². The summed E-state index contributed by atoms with van der Waals surface area (Å²) in [5.41, 5.74) is 3.15. The number of benzene rings is 2. The Bertz CT molecular complexity index is 819. The van der Waals surface area contributed by atoms with Gasteiger partial charge in [0.15, 0.2) is 0 Å². The molecule has 1 aliphatic heterocycles. The second-order valence-corrected chi connectivity index (χ2v) is 8.10. The van der Waals surface area contributed by atoms with Crippen molar-refractivity contribution in [1.29, 1.82) is 0 Å². The van der Waals surface area contributed by atoms with E-state index < -0.39 is 5.25 Å². The number of rotatable bonds is 8. The van der Waals surface area contributed by atoms with Gasteiger partial charge >= 0.3 is 0 Å². The van der Waals surface area contributed by atoms with Gasteiger partial charge in [-0.25, -0.2) is 0 Å². The zero-order valence-corrected chi connectivity index (χ0v) is 17.2. The molecule has 2 aromatic carbocycles. The Labute approximate surface area is 170 Å². The van der Waals surface area contributed by atoms with Gasteiger partial charge in [0.25, 0.3) is 0 Å². The van der Waals surface area contributed by atoms with E-state index in [9.17, 15) is 9.59 Å². The molecular formula is C22H27N3O2S. The number of hydrogen-bond donors (Lipinski definition) is 2. The summed E-state index contributed by atoms with van der Waals surface area (Å²) in [5.74, 6) is -0.223. The number of carbonyl (C=O) groups is 2. The van der Waals surface area contributed by atoms with E-state index in [0.717, 1.165) is 35.8 Å². The molecule has 1 heterocycles. The van der Waals surface area contributed by atoms with Crippen molar-refractivity contribution in [3.8, 4) is 0 Å². The van der Waals surface area contributed by atoms with Crippen molar-refractivity contribution in [2.24, 2.45) is 0 Å². The van der Waals surface area contributed by atoms with Crippen molar-refractivity contribution in [3.63, 3.8) is 0 Å². The molecule has 0 radical (unpaired) electrons. The van der Waals surface area contributed by atoms with Crippen LogP contribution in [-0.2, 0) is 22.7 Å². The van der Waals surface area contributed by atoms with Crippen LogP contribution in [0.2, 0.25) is 0 Å². The van der Waals surface area contributed by atoms with Crippen LogP contribution >= 0.6 is 11.8 Å². The van der Waals surface area contributed by atoms with Gasteiger partial charge in [-0.3, -0.25) is 14.5 Å². The molecule has 0 saturated carbocycles. The predicted octanol–water partition coefficient (Wildman–Crippen LogP) is 3.65. The smallest absolute Gasteiger partial charge is 0.238 e. The van der Waals surface area contributed by atoms with Gasteiger partial charge in [-0.2, -0.15) is 0 Å². The van der Waals surface area contributed by atoms with E-state index in [1.807, 2.05) is 24.3 Å². The van der Waals surface area contributed by atoms with Crippen LogP contribution in [0.15, 0.2) is 53.4 Å².